The first kappa shape index (κ1) is 34.8. The lowest BCUT2D eigenvalue weighted by Gasteiger charge is -2.26. The maximum atomic E-state index is 6.51. The summed E-state index contributed by atoms with van der Waals surface area (Å²) in [5.41, 5.74) is 20.2. The van der Waals surface area contributed by atoms with Crippen LogP contribution < -0.4 is 4.90 Å². The van der Waals surface area contributed by atoms with E-state index in [0.29, 0.717) is 5.92 Å². The fourth-order valence-corrected chi connectivity index (χ4v) is 9.27. The third kappa shape index (κ3) is 6.13. The van der Waals surface area contributed by atoms with E-state index in [9.17, 15) is 0 Å². The Morgan fingerprint density at radius 3 is 1.47 bits per heavy atom. The molecule has 59 heavy (non-hydrogen) atoms. The summed E-state index contributed by atoms with van der Waals surface area (Å²) < 4.78 is 6.51. The third-order valence-electron chi connectivity index (χ3n) is 12.2. The minimum absolute atomic E-state index is 0.386. The summed E-state index contributed by atoms with van der Waals surface area (Å²) in [6.07, 6.45) is 1.06. The van der Waals surface area contributed by atoms with Crippen LogP contribution in [0, 0.1) is 0 Å². The van der Waals surface area contributed by atoms with Crippen LogP contribution >= 0.6 is 0 Å². The van der Waals surface area contributed by atoms with E-state index >= 15 is 0 Å². The lowest BCUT2D eigenvalue weighted by Crippen LogP contribution is -2.09. The van der Waals surface area contributed by atoms with Gasteiger partial charge in [0.1, 0.15) is 11.2 Å². The van der Waals surface area contributed by atoms with Gasteiger partial charge in [0, 0.05) is 33.8 Å². The molecule has 10 aromatic rings. The standard InChI is InChI=1S/C57H41NO/c1-2-47-48-17-9-10-18-49(48)50-34-27-43(35-54(47)50)52-36-55-51-19-11-12-20-56(51)59-57(55)37-53(52)42-25-32-46(33-26-42)58(44-28-21-40(22-29-44)38-13-5-3-6-14-38)45-30-23-41(24-31-45)39-15-7-4-8-16-39/h3-37,47H,2H2,1H3. The zero-order valence-electron chi connectivity index (χ0n) is 32.8. The molecule has 0 amide bonds. The van der Waals surface area contributed by atoms with Crippen LogP contribution in [0.25, 0.3) is 77.6 Å². The fraction of sp³-hybridized carbons (Fsp3) is 0.0526. The lowest BCUT2D eigenvalue weighted by atomic mass is 9.88. The average molecular weight is 756 g/mol. The maximum absolute atomic E-state index is 6.51. The quantitative estimate of drug-likeness (QED) is 0.154. The van der Waals surface area contributed by atoms with Gasteiger partial charge in [0.15, 0.2) is 0 Å². The molecule has 9 aromatic carbocycles. The molecular formula is C57H41NO. The van der Waals surface area contributed by atoms with E-state index in [1.54, 1.807) is 0 Å². The predicted octanol–water partition coefficient (Wildman–Crippen LogP) is 16.2. The van der Waals surface area contributed by atoms with E-state index in [0.717, 1.165) is 56.5 Å². The van der Waals surface area contributed by atoms with E-state index in [1.165, 1.54) is 55.6 Å². The molecule has 0 bridgehead atoms. The van der Waals surface area contributed by atoms with Crippen molar-refractivity contribution in [2.75, 3.05) is 4.90 Å². The number of benzene rings is 9. The molecule has 2 nitrogen and oxygen atoms in total. The second-order valence-electron chi connectivity index (χ2n) is 15.6. The molecule has 0 N–H and O–H groups in total. The van der Waals surface area contributed by atoms with Crippen molar-refractivity contribution >= 4 is 39.0 Å². The summed E-state index contributed by atoms with van der Waals surface area (Å²) in [4.78, 5) is 2.35. The molecule has 2 heteroatoms. The van der Waals surface area contributed by atoms with Crippen LogP contribution in [-0.2, 0) is 0 Å². The van der Waals surface area contributed by atoms with Crippen molar-refractivity contribution in [3.05, 3.63) is 223 Å². The summed E-state index contributed by atoms with van der Waals surface area (Å²) in [5.74, 6) is 0.386. The van der Waals surface area contributed by atoms with Gasteiger partial charge in [-0.2, -0.15) is 0 Å². The number of nitrogens with zero attached hydrogens (tertiary/aromatic N) is 1. The normalized spacial score (nSPS) is 13.1. The Labute approximate surface area is 345 Å². The molecule has 1 unspecified atom stereocenters. The van der Waals surface area contributed by atoms with Gasteiger partial charge in [0.2, 0.25) is 0 Å². The molecule has 0 aliphatic heterocycles. The van der Waals surface area contributed by atoms with Crippen LogP contribution in [-0.4, -0.2) is 0 Å². The van der Waals surface area contributed by atoms with Crippen LogP contribution in [0.2, 0.25) is 0 Å². The minimum Gasteiger partial charge on any atom is -0.456 e. The topological polar surface area (TPSA) is 16.4 Å². The minimum atomic E-state index is 0.386. The van der Waals surface area contributed by atoms with Crippen molar-refractivity contribution in [1.82, 2.24) is 0 Å². The van der Waals surface area contributed by atoms with Gasteiger partial charge in [-0.05, 0) is 134 Å². The van der Waals surface area contributed by atoms with Crippen LogP contribution in [0.3, 0.4) is 0 Å². The van der Waals surface area contributed by atoms with E-state index in [-0.39, 0.29) is 0 Å². The van der Waals surface area contributed by atoms with Crippen molar-refractivity contribution in [2.24, 2.45) is 0 Å². The SMILES string of the molecule is CCC1c2ccccc2-c2ccc(-c3cc4c(cc3-c3ccc(N(c5ccc(-c6ccccc6)cc5)c5ccc(-c6ccccc6)cc5)cc3)oc3ccccc34)cc21. The second-order valence-corrected chi connectivity index (χ2v) is 15.6. The molecule has 280 valence electrons. The Hall–Kier alpha value is -7.42. The van der Waals surface area contributed by atoms with Crippen molar-refractivity contribution in [3.63, 3.8) is 0 Å². The Balaban J connectivity index is 1.03. The smallest absolute Gasteiger partial charge is 0.136 e. The zero-order chi connectivity index (χ0) is 39.3. The Morgan fingerprint density at radius 1 is 0.356 bits per heavy atom. The second kappa shape index (κ2) is 14.5. The predicted molar refractivity (Wildman–Crippen MR) is 248 cm³/mol. The Kier molecular flexibility index (Phi) is 8.56. The number of hydrogen-bond acceptors (Lipinski definition) is 2. The van der Waals surface area contributed by atoms with Crippen LogP contribution in [0.5, 0.6) is 0 Å². The maximum Gasteiger partial charge on any atom is 0.136 e. The van der Waals surface area contributed by atoms with Crippen molar-refractivity contribution in [1.29, 1.82) is 0 Å². The third-order valence-corrected chi connectivity index (χ3v) is 12.2. The van der Waals surface area contributed by atoms with E-state index in [1.807, 2.05) is 6.07 Å². The average Bonchev–Trinajstić information content (AvgIpc) is 3.84. The first-order valence-electron chi connectivity index (χ1n) is 20.6. The van der Waals surface area contributed by atoms with Crippen LogP contribution in [0.1, 0.15) is 30.4 Å². The first-order valence-corrected chi connectivity index (χ1v) is 20.6. The molecule has 0 radical (unpaired) electrons. The highest BCUT2D eigenvalue weighted by atomic mass is 16.3. The van der Waals surface area contributed by atoms with Gasteiger partial charge >= 0.3 is 0 Å². The molecule has 1 aromatic heterocycles. The van der Waals surface area contributed by atoms with Crippen molar-refractivity contribution in [3.8, 4) is 55.6 Å². The largest absolute Gasteiger partial charge is 0.456 e. The monoisotopic (exact) mass is 755 g/mol. The van der Waals surface area contributed by atoms with Gasteiger partial charge in [0.05, 0.1) is 0 Å². The van der Waals surface area contributed by atoms with Crippen LogP contribution in [0.15, 0.2) is 217 Å². The fourth-order valence-electron chi connectivity index (χ4n) is 9.27. The highest BCUT2D eigenvalue weighted by Gasteiger charge is 2.28. The van der Waals surface area contributed by atoms with Crippen molar-refractivity contribution in [2.45, 2.75) is 19.3 Å². The first-order chi connectivity index (χ1) is 29.2. The lowest BCUT2D eigenvalue weighted by molar-refractivity contribution is 0.669. The zero-order valence-corrected chi connectivity index (χ0v) is 32.8. The molecule has 0 spiro atoms. The van der Waals surface area contributed by atoms with Gasteiger partial charge in [-0.25, -0.2) is 0 Å². The molecule has 1 aliphatic carbocycles. The van der Waals surface area contributed by atoms with E-state index < -0.39 is 0 Å². The summed E-state index contributed by atoms with van der Waals surface area (Å²) in [6, 6.07) is 77.0. The van der Waals surface area contributed by atoms with E-state index in [4.69, 9.17) is 4.42 Å². The molecule has 0 saturated heterocycles. The number of rotatable bonds is 8. The van der Waals surface area contributed by atoms with Gasteiger partial charge in [0.25, 0.3) is 0 Å². The van der Waals surface area contributed by atoms with E-state index in [2.05, 4.69) is 218 Å². The molecule has 1 atom stereocenters. The van der Waals surface area contributed by atoms with Gasteiger partial charge < -0.3 is 9.32 Å². The molecular weight excluding hydrogens is 715 g/mol. The molecule has 0 saturated carbocycles. The molecule has 11 rings (SSSR count). The summed E-state index contributed by atoms with van der Waals surface area (Å²) >= 11 is 0. The Bertz CT molecular complexity index is 3020. The van der Waals surface area contributed by atoms with Gasteiger partial charge in [-0.3, -0.25) is 0 Å². The molecule has 1 heterocycles. The molecule has 0 fully saturated rings. The number of fused-ring (bicyclic) bond motifs is 6. The summed E-state index contributed by atoms with van der Waals surface area (Å²) in [5, 5.41) is 2.27. The summed E-state index contributed by atoms with van der Waals surface area (Å²) in [7, 11) is 0. The number of anilines is 3. The number of para-hydroxylation sites is 1. The summed E-state index contributed by atoms with van der Waals surface area (Å²) in [6.45, 7) is 2.30. The number of furan rings is 1. The Morgan fingerprint density at radius 2 is 0.847 bits per heavy atom. The molecule has 1 aliphatic rings. The van der Waals surface area contributed by atoms with Gasteiger partial charge in [-0.1, -0.05) is 159 Å². The highest BCUT2D eigenvalue weighted by molar-refractivity contribution is 6.09. The van der Waals surface area contributed by atoms with Gasteiger partial charge in [-0.15, -0.1) is 0 Å². The van der Waals surface area contributed by atoms with Crippen LogP contribution in [0.4, 0.5) is 17.1 Å². The number of hydrogen-bond donors (Lipinski definition) is 0. The van der Waals surface area contributed by atoms with Crippen molar-refractivity contribution < 1.29 is 4.42 Å². The highest BCUT2D eigenvalue weighted by Crippen LogP contribution is 2.49.